The standard InChI is InChI=1S/C20H18F2N2/c21-20(22)18(14-8-3-1-4-9-14)16-12-7-13-17(16)19(20,24-23-18)15-10-5-2-6-11-15/h1-6,8-11,16-17H,7,12-13H2/t16-,17+,18-,19+. The molecule has 2 aromatic rings. The fraction of sp³-hybridized carbons (Fsp3) is 0.400. The summed E-state index contributed by atoms with van der Waals surface area (Å²) in [6.07, 6.45) is 2.56. The van der Waals surface area contributed by atoms with Gasteiger partial charge in [-0.15, -0.1) is 0 Å². The lowest BCUT2D eigenvalue weighted by Gasteiger charge is -2.34. The molecule has 0 saturated heterocycles. The Bertz CT molecular complexity index is 739. The van der Waals surface area contributed by atoms with Crippen LogP contribution in [-0.4, -0.2) is 5.92 Å². The first-order valence-electron chi connectivity index (χ1n) is 8.57. The minimum atomic E-state index is -3.02. The number of alkyl halides is 2. The maximum absolute atomic E-state index is 16.0. The minimum Gasteiger partial charge on any atom is -0.200 e. The molecule has 0 unspecified atom stereocenters. The third-order valence-electron chi connectivity index (χ3n) is 6.34. The fourth-order valence-corrected chi connectivity index (χ4v) is 5.44. The molecule has 122 valence electrons. The van der Waals surface area contributed by atoms with Crippen molar-refractivity contribution in [1.82, 2.24) is 0 Å². The quantitative estimate of drug-likeness (QED) is 0.715. The Kier molecular flexibility index (Phi) is 2.67. The summed E-state index contributed by atoms with van der Waals surface area (Å²) in [6, 6.07) is 18.1. The number of benzene rings is 2. The Balaban J connectivity index is 1.80. The van der Waals surface area contributed by atoms with Gasteiger partial charge in [-0.05, 0) is 24.0 Å². The van der Waals surface area contributed by atoms with E-state index in [1.54, 1.807) is 24.3 Å². The van der Waals surface area contributed by atoms with Gasteiger partial charge in [0.15, 0.2) is 11.1 Å². The highest BCUT2D eigenvalue weighted by molar-refractivity contribution is 5.45. The Morgan fingerprint density at radius 3 is 1.54 bits per heavy atom. The van der Waals surface area contributed by atoms with Crippen molar-refractivity contribution in [2.45, 2.75) is 36.3 Å². The van der Waals surface area contributed by atoms with Gasteiger partial charge in [-0.25, -0.2) is 8.78 Å². The van der Waals surface area contributed by atoms with Gasteiger partial charge in [0.2, 0.25) is 0 Å². The number of rotatable bonds is 2. The van der Waals surface area contributed by atoms with E-state index in [1.165, 1.54) is 0 Å². The zero-order valence-electron chi connectivity index (χ0n) is 13.2. The van der Waals surface area contributed by atoms with Crippen molar-refractivity contribution in [2.75, 3.05) is 0 Å². The van der Waals surface area contributed by atoms with E-state index >= 15 is 8.78 Å². The number of fused-ring (bicyclic) bond motifs is 5. The second-order valence-corrected chi connectivity index (χ2v) is 7.18. The van der Waals surface area contributed by atoms with Gasteiger partial charge in [0.1, 0.15) is 0 Å². The van der Waals surface area contributed by atoms with Crippen LogP contribution in [-0.2, 0) is 11.1 Å². The molecule has 0 N–H and O–H groups in total. The molecule has 2 aromatic carbocycles. The minimum absolute atomic E-state index is 0.146. The molecule has 2 saturated carbocycles. The Morgan fingerprint density at radius 1 is 0.708 bits per heavy atom. The molecule has 4 heteroatoms. The van der Waals surface area contributed by atoms with Gasteiger partial charge in [-0.3, -0.25) is 0 Å². The smallest absolute Gasteiger partial charge is 0.200 e. The van der Waals surface area contributed by atoms with E-state index < -0.39 is 17.0 Å². The molecule has 2 nitrogen and oxygen atoms in total. The average molecular weight is 324 g/mol. The van der Waals surface area contributed by atoms with E-state index in [2.05, 4.69) is 10.2 Å². The molecular formula is C20H18F2N2. The Morgan fingerprint density at radius 2 is 1.12 bits per heavy atom. The predicted octanol–water partition coefficient (Wildman–Crippen LogP) is 5.31. The van der Waals surface area contributed by atoms with Crippen molar-refractivity contribution in [3.8, 4) is 0 Å². The first kappa shape index (κ1) is 14.3. The molecule has 1 heterocycles. The molecular weight excluding hydrogens is 306 g/mol. The largest absolute Gasteiger partial charge is 0.309 e. The number of hydrogen-bond acceptors (Lipinski definition) is 2. The first-order chi connectivity index (χ1) is 11.6. The van der Waals surface area contributed by atoms with Gasteiger partial charge in [-0.1, -0.05) is 67.1 Å². The molecule has 2 aliphatic carbocycles. The second-order valence-electron chi connectivity index (χ2n) is 7.18. The van der Waals surface area contributed by atoms with Crippen LogP contribution >= 0.6 is 0 Å². The van der Waals surface area contributed by atoms with E-state index in [0.29, 0.717) is 11.1 Å². The van der Waals surface area contributed by atoms with Crippen molar-refractivity contribution in [3.63, 3.8) is 0 Å². The van der Waals surface area contributed by atoms with E-state index in [0.717, 1.165) is 19.3 Å². The van der Waals surface area contributed by atoms with Crippen molar-refractivity contribution in [2.24, 2.45) is 22.1 Å². The molecule has 2 bridgehead atoms. The van der Waals surface area contributed by atoms with E-state index in [4.69, 9.17) is 0 Å². The van der Waals surface area contributed by atoms with Crippen LogP contribution in [0.15, 0.2) is 70.9 Å². The summed E-state index contributed by atoms with van der Waals surface area (Å²) in [5.41, 5.74) is -1.81. The number of nitrogens with zero attached hydrogens (tertiary/aromatic N) is 2. The summed E-state index contributed by atoms with van der Waals surface area (Å²) in [4.78, 5) is 0. The number of hydrogen-bond donors (Lipinski definition) is 0. The Hall–Kier alpha value is -2.10. The molecule has 0 radical (unpaired) electrons. The molecule has 4 atom stereocenters. The summed E-state index contributed by atoms with van der Waals surface area (Å²) in [5.74, 6) is -3.31. The van der Waals surface area contributed by atoms with Crippen LogP contribution in [0.4, 0.5) is 8.78 Å². The van der Waals surface area contributed by atoms with Gasteiger partial charge < -0.3 is 0 Å². The fourth-order valence-electron chi connectivity index (χ4n) is 5.44. The van der Waals surface area contributed by atoms with E-state index in [-0.39, 0.29) is 11.8 Å². The molecule has 2 fully saturated rings. The van der Waals surface area contributed by atoms with Gasteiger partial charge in [0, 0.05) is 11.8 Å². The highest BCUT2D eigenvalue weighted by Gasteiger charge is 2.84. The highest BCUT2D eigenvalue weighted by atomic mass is 19.3. The summed E-state index contributed by atoms with van der Waals surface area (Å²) >= 11 is 0. The van der Waals surface area contributed by atoms with Crippen molar-refractivity contribution in [1.29, 1.82) is 0 Å². The topological polar surface area (TPSA) is 24.7 Å². The van der Waals surface area contributed by atoms with Gasteiger partial charge in [-0.2, -0.15) is 10.2 Å². The first-order valence-corrected chi connectivity index (χ1v) is 8.57. The van der Waals surface area contributed by atoms with Gasteiger partial charge >= 0.3 is 5.92 Å². The van der Waals surface area contributed by atoms with Crippen LogP contribution in [0, 0.1) is 11.8 Å². The normalized spacial score (nSPS) is 38.4. The SMILES string of the molecule is FC1(F)[C@]2(c3ccccc3)N=N[C@@]1(c1ccccc1)[C@H]1CCC[C@H]12. The van der Waals surface area contributed by atoms with Crippen LogP contribution in [0.25, 0.3) is 0 Å². The van der Waals surface area contributed by atoms with Gasteiger partial charge in [0.05, 0.1) is 0 Å². The summed E-state index contributed by atoms with van der Waals surface area (Å²) in [5, 5.41) is 8.65. The Labute approximate surface area is 139 Å². The summed E-state index contributed by atoms with van der Waals surface area (Å²) in [7, 11) is 0. The monoisotopic (exact) mass is 324 g/mol. The van der Waals surface area contributed by atoms with Gasteiger partial charge in [0.25, 0.3) is 0 Å². The average Bonchev–Trinajstić information content (AvgIpc) is 3.24. The molecule has 0 spiro atoms. The lowest BCUT2D eigenvalue weighted by atomic mass is 9.77. The van der Waals surface area contributed by atoms with E-state index in [1.807, 2.05) is 36.4 Å². The zero-order valence-corrected chi connectivity index (χ0v) is 13.2. The molecule has 0 aromatic heterocycles. The molecule has 0 amide bonds. The van der Waals surface area contributed by atoms with Crippen LogP contribution in [0.3, 0.4) is 0 Å². The lowest BCUT2D eigenvalue weighted by molar-refractivity contribution is -0.0949. The molecule has 1 aliphatic heterocycles. The number of azo groups is 1. The van der Waals surface area contributed by atoms with Crippen LogP contribution in [0.1, 0.15) is 30.4 Å². The summed E-state index contributed by atoms with van der Waals surface area (Å²) in [6.45, 7) is 0. The van der Waals surface area contributed by atoms with Crippen molar-refractivity contribution < 1.29 is 8.78 Å². The van der Waals surface area contributed by atoms with E-state index in [9.17, 15) is 0 Å². The van der Waals surface area contributed by atoms with Crippen LogP contribution < -0.4 is 0 Å². The van der Waals surface area contributed by atoms with Crippen molar-refractivity contribution in [3.05, 3.63) is 71.8 Å². The summed E-state index contributed by atoms with van der Waals surface area (Å²) < 4.78 is 32.0. The maximum atomic E-state index is 16.0. The molecule has 3 aliphatic rings. The molecule has 5 rings (SSSR count). The van der Waals surface area contributed by atoms with Crippen LogP contribution in [0.2, 0.25) is 0 Å². The predicted molar refractivity (Wildman–Crippen MR) is 86.9 cm³/mol. The highest BCUT2D eigenvalue weighted by Crippen LogP contribution is 2.75. The third-order valence-corrected chi connectivity index (χ3v) is 6.34. The van der Waals surface area contributed by atoms with Crippen molar-refractivity contribution >= 4 is 0 Å². The second kappa shape index (κ2) is 4.50. The zero-order chi connectivity index (χ0) is 16.4. The number of halogens is 2. The molecule has 24 heavy (non-hydrogen) atoms. The van der Waals surface area contributed by atoms with Crippen LogP contribution in [0.5, 0.6) is 0 Å². The lowest BCUT2D eigenvalue weighted by Crippen LogP contribution is -2.48. The maximum Gasteiger partial charge on any atom is 0.309 e. The third kappa shape index (κ3) is 1.34.